The standard InChI is InChI=1S/C8H14Se2/c1-3-5-9-7-8-10-6-4-2/h3-6H2,1-2H3. The van der Waals surface area contributed by atoms with Gasteiger partial charge in [-0.15, -0.1) is 0 Å². The fraction of sp³-hybridized carbons (Fsp3) is 0.750. The van der Waals surface area contributed by atoms with Crippen LogP contribution in [0, 0.1) is 9.64 Å². The molecule has 0 aromatic rings. The summed E-state index contributed by atoms with van der Waals surface area (Å²) >= 11 is 1.26. The van der Waals surface area contributed by atoms with E-state index in [1.807, 2.05) is 0 Å². The summed E-state index contributed by atoms with van der Waals surface area (Å²) in [6.07, 6.45) is 2.60. The average Bonchev–Trinajstić information content (AvgIpc) is 1.97. The minimum atomic E-state index is 0.629. The van der Waals surface area contributed by atoms with Gasteiger partial charge in [-0.25, -0.2) is 0 Å². The molecule has 0 bridgehead atoms. The van der Waals surface area contributed by atoms with E-state index in [-0.39, 0.29) is 0 Å². The maximum absolute atomic E-state index is 3.26. The molecule has 0 rings (SSSR count). The van der Waals surface area contributed by atoms with Crippen LogP contribution in [0.1, 0.15) is 26.7 Å². The Morgan fingerprint density at radius 3 is 1.60 bits per heavy atom. The SMILES string of the molecule is CCC[Se]C#C[Se]CCC. The van der Waals surface area contributed by atoms with Crippen molar-refractivity contribution >= 4 is 29.9 Å². The molecule has 0 unspecified atom stereocenters. The van der Waals surface area contributed by atoms with Gasteiger partial charge in [0.1, 0.15) is 0 Å². The molecule has 2 heteroatoms. The molecule has 0 aliphatic rings. The van der Waals surface area contributed by atoms with Gasteiger partial charge in [-0.2, -0.15) is 0 Å². The first kappa shape index (κ1) is 10.6. The first-order valence-corrected chi connectivity index (χ1v) is 7.79. The Morgan fingerprint density at radius 2 is 1.30 bits per heavy atom. The van der Waals surface area contributed by atoms with Crippen LogP contribution in [0.3, 0.4) is 0 Å². The zero-order valence-electron chi connectivity index (χ0n) is 6.64. The fourth-order valence-corrected chi connectivity index (χ4v) is 3.18. The predicted molar refractivity (Wildman–Crippen MR) is 49.5 cm³/mol. The first-order valence-electron chi connectivity index (χ1n) is 3.65. The molecule has 0 amide bonds. The van der Waals surface area contributed by atoms with Crippen molar-refractivity contribution < 1.29 is 0 Å². The molecule has 0 N–H and O–H groups in total. The molecule has 0 aliphatic heterocycles. The van der Waals surface area contributed by atoms with Gasteiger partial charge < -0.3 is 0 Å². The van der Waals surface area contributed by atoms with E-state index in [4.69, 9.17) is 0 Å². The third kappa shape index (κ3) is 8.60. The van der Waals surface area contributed by atoms with Crippen molar-refractivity contribution in [2.75, 3.05) is 0 Å². The Labute approximate surface area is 76.9 Å². The molecule has 0 aromatic carbocycles. The summed E-state index contributed by atoms with van der Waals surface area (Å²) in [5, 5.41) is 2.67. The topological polar surface area (TPSA) is 0 Å². The van der Waals surface area contributed by atoms with Gasteiger partial charge >= 0.3 is 76.9 Å². The molecule has 0 fully saturated rings. The molecule has 0 saturated carbocycles. The number of hydrogen-bond acceptors (Lipinski definition) is 0. The van der Waals surface area contributed by atoms with Gasteiger partial charge in [0.05, 0.1) is 0 Å². The van der Waals surface area contributed by atoms with Crippen LogP contribution in [0.5, 0.6) is 0 Å². The van der Waals surface area contributed by atoms with Crippen LogP contribution in [0.4, 0.5) is 0 Å². The number of hydrogen-bond donors (Lipinski definition) is 0. The normalized spacial score (nSPS) is 8.60. The van der Waals surface area contributed by atoms with Gasteiger partial charge in [-0.1, -0.05) is 0 Å². The molecule has 0 radical (unpaired) electrons. The van der Waals surface area contributed by atoms with Crippen LogP contribution in [0.2, 0.25) is 10.6 Å². The molecule has 10 heavy (non-hydrogen) atoms. The van der Waals surface area contributed by atoms with Gasteiger partial charge in [0.25, 0.3) is 0 Å². The van der Waals surface area contributed by atoms with E-state index >= 15 is 0 Å². The van der Waals surface area contributed by atoms with Crippen LogP contribution in [-0.4, -0.2) is 29.9 Å². The second-order valence-electron chi connectivity index (χ2n) is 1.90. The summed E-state index contributed by atoms with van der Waals surface area (Å²) in [6.45, 7) is 4.45. The van der Waals surface area contributed by atoms with Crippen molar-refractivity contribution in [1.29, 1.82) is 0 Å². The van der Waals surface area contributed by atoms with Crippen molar-refractivity contribution in [2.45, 2.75) is 37.3 Å². The molecule has 0 aromatic heterocycles. The average molecular weight is 268 g/mol. The first-order chi connectivity index (χ1) is 4.91. The maximum atomic E-state index is 3.26. The minimum absolute atomic E-state index is 0.629. The van der Waals surface area contributed by atoms with Crippen LogP contribution < -0.4 is 0 Å². The quantitative estimate of drug-likeness (QED) is 0.415. The molecular weight excluding hydrogens is 254 g/mol. The second kappa shape index (κ2) is 9.60. The molecule has 0 saturated heterocycles. The Bertz CT molecular complexity index is 98.2. The van der Waals surface area contributed by atoms with E-state index < -0.39 is 0 Å². The van der Waals surface area contributed by atoms with E-state index in [1.54, 1.807) is 0 Å². The van der Waals surface area contributed by atoms with Crippen molar-refractivity contribution in [3.63, 3.8) is 0 Å². The van der Waals surface area contributed by atoms with Crippen LogP contribution >= 0.6 is 0 Å². The van der Waals surface area contributed by atoms with E-state index in [9.17, 15) is 0 Å². The summed E-state index contributed by atoms with van der Waals surface area (Å²) in [5.41, 5.74) is 0. The van der Waals surface area contributed by atoms with Gasteiger partial charge in [0, 0.05) is 0 Å². The molecule has 0 nitrogen and oxygen atoms in total. The summed E-state index contributed by atoms with van der Waals surface area (Å²) < 4.78 is 0. The van der Waals surface area contributed by atoms with E-state index in [0.717, 1.165) is 0 Å². The van der Waals surface area contributed by atoms with Crippen molar-refractivity contribution in [2.24, 2.45) is 0 Å². The van der Waals surface area contributed by atoms with E-state index in [1.165, 1.54) is 23.5 Å². The Morgan fingerprint density at radius 1 is 0.900 bits per heavy atom. The van der Waals surface area contributed by atoms with Gasteiger partial charge in [0.15, 0.2) is 0 Å². The van der Waals surface area contributed by atoms with Crippen LogP contribution in [0.25, 0.3) is 0 Å². The summed E-state index contributed by atoms with van der Waals surface area (Å²) in [5.74, 6) is 0. The third-order valence-electron chi connectivity index (χ3n) is 0.798. The summed E-state index contributed by atoms with van der Waals surface area (Å²) in [4.78, 5) is 6.52. The second-order valence-corrected chi connectivity index (χ2v) is 5.68. The van der Waals surface area contributed by atoms with E-state index in [0.29, 0.717) is 29.9 Å². The third-order valence-corrected chi connectivity index (χ3v) is 5.06. The predicted octanol–water partition coefficient (Wildman–Crippen LogP) is 1.97. The Kier molecular flexibility index (Phi) is 10.2. The van der Waals surface area contributed by atoms with Crippen molar-refractivity contribution in [3.8, 4) is 9.64 Å². The fourth-order valence-electron chi connectivity index (χ4n) is 0.365. The van der Waals surface area contributed by atoms with Crippen molar-refractivity contribution in [3.05, 3.63) is 0 Å². The summed E-state index contributed by atoms with van der Waals surface area (Å²) in [7, 11) is 0. The van der Waals surface area contributed by atoms with Gasteiger partial charge in [0.2, 0.25) is 0 Å². The van der Waals surface area contributed by atoms with Gasteiger partial charge in [-0.05, 0) is 0 Å². The molecule has 58 valence electrons. The van der Waals surface area contributed by atoms with Gasteiger partial charge in [-0.3, -0.25) is 0 Å². The Balaban J connectivity index is 2.98. The molecule has 0 aliphatic carbocycles. The summed E-state index contributed by atoms with van der Waals surface area (Å²) in [6, 6.07) is 0. The van der Waals surface area contributed by atoms with Crippen LogP contribution in [-0.2, 0) is 0 Å². The zero-order chi connectivity index (χ0) is 7.66. The molecular formula is C8H14Se2. The molecule has 0 heterocycles. The monoisotopic (exact) mass is 270 g/mol. The Hall–Kier alpha value is 0.599. The van der Waals surface area contributed by atoms with E-state index in [2.05, 4.69) is 23.5 Å². The van der Waals surface area contributed by atoms with Crippen LogP contribution in [0.15, 0.2) is 0 Å². The molecule has 0 atom stereocenters. The van der Waals surface area contributed by atoms with Crippen molar-refractivity contribution in [1.82, 2.24) is 0 Å². The molecule has 0 spiro atoms. The zero-order valence-corrected chi connectivity index (χ0v) is 10.1. The number of rotatable bonds is 4.